The van der Waals surface area contributed by atoms with Gasteiger partial charge in [-0.2, -0.15) is 0 Å². The Morgan fingerprint density at radius 3 is 2.43 bits per heavy atom. The lowest BCUT2D eigenvalue weighted by Crippen LogP contribution is -2.25. The first kappa shape index (κ1) is 15.1. The molecule has 0 aliphatic rings. The molecule has 2 aromatic rings. The summed E-state index contributed by atoms with van der Waals surface area (Å²) in [6, 6.07) is 7.99. The molecule has 0 fully saturated rings. The van der Waals surface area contributed by atoms with Gasteiger partial charge in [0.15, 0.2) is 0 Å². The molecule has 0 saturated carbocycles. The summed E-state index contributed by atoms with van der Waals surface area (Å²) in [5.41, 5.74) is 3.00. The summed E-state index contributed by atoms with van der Waals surface area (Å²) in [5.74, 6) is 0.593. The van der Waals surface area contributed by atoms with Crippen molar-refractivity contribution in [2.75, 3.05) is 11.4 Å². The largest absolute Gasteiger partial charge is 0.481 e. The Kier molecular flexibility index (Phi) is 4.62. The van der Waals surface area contributed by atoms with E-state index in [1.807, 2.05) is 49.9 Å². The zero-order chi connectivity index (χ0) is 15.4. The van der Waals surface area contributed by atoms with E-state index in [0.29, 0.717) is 19.0 Å². The summed E-state index contributed by atoms with van der Waals surface area (Å²) in [6.07, 6.45) is 0.0759. The molecule has 0 amide bonds. The van der Waals surface area contributed by atoms with E-state index in [2.05, 4.69) is 4.98 Å². The predicted octanol–water partition coefficient (Wildman–Crippen LogP) is 3.08. The van der Waals surface area contributed by atoms with Crippen molar-refractivity contribution < 1.29 is 14.3 Å². The number of hydrogen-bond acceptors (Lipinski definition) is 4. The van der Waals surface area contributed by atoms with Gasteiger partial charge in [-0.1, -0.05) is 17.7 Å². The van der Waals surface area contributed by atoms with Crippen LogP contribution in [0.25, 0.3) is 0 Å². The van der Waals surface area contributed by atoms with Crippen molar-refractivity contribution in [2.24, 2.45) is 0 Å². The molecule has 1 heterocycles. The quantitative estimate of drug-likeness (QED) is 0.884. The van der Waals surface area contributed by atoms with Gasteiger partial charge in [0.25, 0.3) is 0 Å². The highest BCUT2D eigenvalue weighted by atomic mass is 16.4. The molecule has 5 heteroatoms. The van der Waals surface area contributed by atoms with Gasteiger partial charge < -0.3 is 14.4 Å². The molecule has 1 aromatic carbocycles. The van der Waals surface area contributed by atoms with Crippen LogP contribution in [0.1, 0.15) is 29.3 Å². The van der Waals surface area contributed by atoms with E-state index in [-0.39, 0.29) is 6.42 Å². The Hall–Kier alpha value is -2.30. The molecule has 0 bridgehead atoms. The van der Waals surface area contributed by atoms with Gasteiger partial charge in [0.2, 0.25) is 5.89 Å². The highest BCUT2D eigenvalue weighted by Crippen LogP contribution is 2.19. The molecule has 0 spiro atoms. The summed E-state index contributed by atoms with van der Waals surface area (Å²) >= 11 is 0. The van der Waals surface area contributed by atoms with Crippen molar-refractivity contribution in [3.63, 3.8) is 0 Å². The topological polar surface area (TPSA) is 66.6 Å². The van der Waals surface area contributed by atoms with Gasteiger partial charge in [-0.15, -0.1) is 0 Å². The summed E-state index contributed by atoms with van der Waals surface area (Å²) in [5, 5.41) is 8.90. The molecule has 1 N–H and O–H groups in total. The van der Waals surface area contributed by atoms with Gasteiger partial charge in [0, 0.05) is 12.2 Å². The molecule has 5 nitrogen and oxygen atoms in total. The van der Waals surface area contributed by atoms with Crippen molar-refractivity contribution in [1.29, 1.82) is 0 Å². The molecule has 0 aliphatic carbocycles. The number of carbonyl (C=O) groups is 1. The van der Waals surface area contributed by atoms with E-state index in [0.717, 1.165) is 17.1 Å². The van der Waals surface area contributed by atoms with Gasteiger partial charge in [-0.05, 0) is 32.9 Å². The predicted molar refractivity (Wildman–Crippen MR) is 80.5 cm³/mol. The number of carboxylic acids is 1. The third kappa shape index (κ3) is 4.08. The van der Waals surface area contributed by atoms with E-state index in [4.69, 9.17) is 9.52 Å². The van der Waals surface area contributed by atoms with E-state index in [1.165, 1.54) is 5.56 Å². The monoisotopic (exact) mass is 288 g/mol. The number of aryl methyl sites for hydroxylation is 3. The van der Waals surface area contributed by atoms with Crippen molar-refractivity contribution in [3.05, 3.63) is 47.2 Å². The third-order valence-corrected chi connectivity index (χ3v) is 3.39. The number of aliphatic carboxylic acids is 1. The number of aromatic nitrogens is 1. The number of oxazole rings is 1. The van der Waals surface area contributed by atoms with Crippen LogP contribution in [-0.2, 0) is 11.3 Å². The van der Waals surface area contributed by atoms with Crippen LogP contribution in [0.2, 0.25) is 0 Å². The molecule has 0 unspecified atom stereocenters. The molecule has 0 atom stereocenters. The van der Waals surface area contributed by atoms with E-state index in [9.17, 15) is 4.79 Å². The van der Waals surface area contributed by atoms with Crippen LogP contribution in [0.5, 0.6) is 0 Å². The fourth-order valence-electron chi connectivity index (χ4n) is 2.06. The lowest BCUT2D eigenvalue weighted by Gasteiger charge is -2.22. The number of rotatable bonds is 6. The number of carboxylic acid groups (broad SMARTS) is 1. The van der Waals surface area contributed by atoms with Crippen LogP contribution in [0.3, 0.4) is 0 Å². The van der Waals surface area contributed by atoms with Crippen molar-refractivity contribution in [3.8, 4) is 0 Å². The Morgan fingerprint density at radius 2 is 1.90 bits per heavy atom. The normalized spacial score (nSPS) is 10.6. The van der Waals surface area contributed by atoms with Crippen LogP contribution in [0.15, 0.2) is 28.7 Å². The second-order valence-corrected chi connectivity index (χ2v) is 5.15. The first-order valence-corrected chi connectivity index (χ1v) is 6.92. The van der Waals surface area contributed by atoms with Gasteiger partial charge in [-0.25, -0.2) is 4.98 Å². The lowest BCUT2D eigenvalue weighted by atomic mass is 10.2. The van der Waals surface area contributed by atoms with Crippen LogP contribution in [0.4, 0.5) is 5.69 Å². The van der Waals surface area contributed by atoms with Crippen molar-refractivity contribution in [2.45, 2.75) is 33.7 Å². The summed E-state index contributed by atoms with van der Waals surface area (Å²) in [6.45, 7) is 6.67. The zero-order valence-corrected chi connectivity index (χ0v) is 12.6. The van der Waals surface area contributed by atoms with Gasteiger partial charge in [0.1, 0.15) is 5.76 Å². The van der Waals surface area contributed by atoms with Gasteiger partial charge in [0.05, 0.1) is 18.7 Å². The molecule has 1 aromatic heterocycles. The molecule has 0 saturated heterocycles. The van der Waals surface area contributed by atoms with Crippen LogP contribution < -0.4 is 4.90 Å². The summed E-state index contributed by atoms with van der Waals surface area (Å²) in [4.78, 5) is 17.2. The second kappa shape index (κ2) is 6.43. The third-order valence-electron chi connectivity index (χ3n) is 3.39. The molecular weight excluding hydrogens is 268 g/mol. The smallest absolute Gasteiger partial charge is 0.305 e. The second-order valence-electron chi connectivity index (χ2n) is 5.15. The Labute approximate surface area is 124 Å². The van der Waals surface area contributed by atoms with E-state index in [1.54, 1.807) is 0 Å². The van der Waals surface area contributed by atoms with Crippen LogP contribution in [0, 0.1) is 20.8 Å². The fourth-order valence-corrected chi connectivity index (χ4v) is 2.06. The maximum Gasteiger partial charge on any atom is 0.305 e. The van der Waals surface area contributed by atoms with Crippen molar-refractivity contribution in [1.82, 2.24) is 4.98 Å². The van der Waals surface area contributed by atoms with E-state index >= 15 is 0 Å². The van der Waals surface area contributed by atoms with Crippen LogP contribution >= 0.6 is 0 Å². The molecule has 2 rings (SSSR count). The van der Waals surface area contributed by atoms with Crippen LogP contribution in [-0.4, -0.2) is 22.6 Å². The van der Waals surface area contributed by atoms with Gasteiger partial charge >= 0.3 is 5.97 Å². The lowest BCUT2D eigenvalue weighted by molar-refractivity contribution is -0.136. The Morgan fingerprint density at radius 1 is 1.24 bits per heavy atom. The molecule has 0 radical (unpaired) electrons. The number of anilines is 1. The SMILES string of the molecule is Cc1ccc(N(CCC(=O)O)Cc2nc(C)c(C)o2)cc1. The average molecular weight is 288 g/mol. The first-order chi connectivity index (χ1) is 9.95. The molecule has 21 heavy (non-hydrogen) atoms. The summed E-state index contributed by atoms with van der Waals surface area (Å²) < 4.78 is 5.60. The summed E-state index contributed by atoms with van der Waals surface area (Å²) in [7, 11) is 0. The zero-order valence-electron chi connectivity index (χ0n) is 12.6. The minimum absolute atomic E-state index is 0.0759. The fraction of sp³-hybridized carbons (Fsp3) is 0.375. The van der Waals surface area contributed by atoms with Gasteiger partial charge in [-0.3, -0.25) is 4.79 Å². The number of hydrogen-bond donors (Lipinski definition) is 1. The Balaban J connectivity index is 2.18. The maximum absolute atomic E-state index is 10.8. The highest BCUT2D eigenvalue weighted by molar-refractivity contribution is 5.67. The molecule has 0 aliphatic heterocycles. The van der Waals surface area contributed by atoms with E-state index < -0.39 is 5.97 Å². The minimum Gasteiger partial charge on any atom is -0.481 e. The number of nitrogens with zero attached hydrogens (tertiary/aromatic N) is 2. The minimum atomic E-state index is -0.813. The molecule has 112 valence electrons. The standard InChI is InChI=1S/C16H20N2O3/c1-11-4-6-14(7-5-11)18(9-8-16(19)20)10-15-17-12(2)13(3)21-15/h4-7H,8-10H2,1-3H3,(H,19,20). The maximum atomic E-state index is 10.8. The van der Waals surface area contributed by atoms with Crippen molar-refractivity contribution >= 4 is 11.7 Å². The first-order valence-electron chi connectivity index (χ1n) is 6.92. The molecular formula is C16H20N2O3. The average Bonchev–Trinajstić information content (AvgIpc) is 2.74. The Bertz CT molecular complexity index is 597. The number of benzene rings is 1. The highest BCUT2D eigenvalue weighted by Gasteiger charge is 2.13.